The molecule has 1 saturated carbocycles. The van der Waals surface area contributed by atoms with E-state index in [1.807, 2.05) is 0 Å². The van der Waals surface area contributed by atoms with Crippen LogP contribution < -0.4 is 5.32 Å². The van der Waals surface area contributed by atoms with Crippen molar-refractivity contribution in [1.29, 1.82) is 0 Å². The lowest BCUT2D eigenvalue weighted by Gasteiger charge is -2.43. The molecule has 5 nitrogen and oxygen atoms in total. The predicted octanol–water partition coefficient (Wildman–Crippen LogP) is -0.00390. The zero-order valence-corrected chi connectivity index (χ0v) is 10.2. The summed E-state index contributed by atoms with van der Waals surface area (Å²) in [4.78, 5) is 24.5. The summed E-state index contributed by atoms with van der Waals surface area (Å²) in [6.45, 7) is 1.61. The standard InChI is InChI=1S/C12H17FN2O3/c13-12(1-2-12)10(17)15-5-3-11(4-6-15)8-14-9(16)7-18-11/h1-8H2,(H,14,16). The molecule has 0 atom stereocenters. The number of likely N-dealkylation sites (tertiary alicyclic amines) is 1. The van der Waals surface area contributed by atoms with E-state index in [0.717, 1.165) is 0 Å². The normalized spacial score (nSPS) is 28.9. The molecule has 6 heteroatoms. The Morgan fingerprint density at radius 2 is 1.94 bits per heavy atom. The summed E-state index contributed by atoms with van der Waals surface area (Å²) in [5.74, 6) is -0.461. The highest BCUT2D eigenvalue weighted by Gasteiger charge is 2.54. The average Bonchev–Trinajstić information content (AvgIpc) is 3.13. The molecule has 1 N–H and O–H groups in total. The third-order valence-electron chi connectivity index (χ3n) is 4.15. The first-order valence-corrected chi connectivity index (χ1v) is 6.42. The number of alkyl halides is 1. The molecule has 0 bridgehead atoms. The Morgan fingerprint density at radius 3 is 2.44 bits per heavy atom. The fraction of sp³-hybridized carbons (Fsp3) is 0.833. The zero-order chi connectivity index (χ0) is 12.8. The van der Waals surface area contributed by atoms with Crippen LogP contribution in [-0.4, -0.2) is 54.2 Å². The molecule has 0 aromatic rings. The Morgan fingerprint density at radius 1 is 1.28 bits per heavy atom. The van der Waals surface area contributed by atoms with Crippen molar-refractivity contribution in [2.75, 3.05) is 26.2 Å². The van der Waals surface area contributed by atoms with Crippen LogP contribution in [0.15, 0.2) is 0 Å². The number of piperidine rings is 1. The fourth-order valence-electron chi connectivity index (χ4n) is 2.63. The smallest absolute Gasteiger partial charge is 0.260 e. The quantitative estimate of drug-likeness (QED) is 0.718. The van der Waals surface area contributed by atoms with Crippen LogP contribution in [0.1, 0.15) is 25.7 Å². The first-order valence-electron chi connectivity index (χ1n) is 6.42. The maximum atomic E-state index is 13.7. The topological polar surface area (TPSA) is 58.6 Å². The maximum absolute atomic E-state index is 13.7. The summed E-state index contributed by atoms with van der Waals surface area (Å²) in [7, 11) is 0. The number of morpholine rings is 1. The van der Waals surface area contributed by atoms with Crippen LogP contribution in [0, 0.1) is 0 Å². The van der Waals surface area contributed by atoms with Crippen LogP contribution in [0.2, 0.25) is 0 Å². The van der Waals surface area contributed by atoms with Gasteiger partial charge in [-0.05, 0) is 25.7 Å². The number of hydrogen-bond donors (Lipinski definition) is 1. The number of amides is 2. The molecule has 0 unspecified atom stereocenters. The van der Waals surface area contributed by atoms with Crippen molar-refractivity contribution >= 4 is 11.8 Å². The van der Waals surface area contributed by atoms with Gasteiger partial charge in [0.05, 0.1) is 5.60 Å². The highest BCUT2D eigenvalue weighted by atomic mass is 19.1. The molecule has 3 fully saturated rings. The molecule has 3 aliphatic rings. The summed E-state index contributed by atoms with van der Waals surface area (Å²) in [5.41, 5.74) is -1.93. The molecule has 2 amide bonds. The zero-order valence-electron chi connectivity index (χ0n) is 10.2. The SMILES string of the molecule is O=C1COC2(CCN(C(=O)C3(F)CC3)CC2)CN1. The number of ether oxygens (including phenoxy) is 1. The summed E-state index contributed by atoms with van der Waals surface area (Å²) in [6.07, 6.45) is 2.05. The van der Waals surface area contributed by atoms with E-state index in [9.17, 15) is 14.0 Å². The van der Waals surface area contributed by atoms with Crippen molar-refractivity contribution in [2.45, 2.75) is 37.0 Å². The highest BCUT2D eigenvalue weighted by molar-refractivity contribution is 5.88. The van der Waals surface area contributed by atoms with Gasteiger partial charge in [0, 0.05) is 19.6 Å². The van der Waals surface area contributed by atoms with Gasteiger partial charge in [-0.2, -0.15) is 0 Å². The Kier molecular flexibility index (Phi) is 2.59. The second-order valence-electron chi connectivity index (χ2n) is 5.51. The van der Waals surface area contributed by atoms with Crippen LogP contribution in [0.3, 0.4) is 0 Å². The van der Waals surface area contributed by atoms with E-state index in [0.29, 0.717) is 45.3 Å². The van der Waals surface area contributed by atoms with Crippen LogP contribution in [-0.2, 0) is 14.3 Å². The number of carbonyl (C=O) groups is 2. The van der Waals surface area contributed by atoms with E-state index >= 15 is 0 Å². The number of carbonyl (C=O) groups excluding carboxylic acids is 2. The van der Waals surface area contributed by atoms with Gasteiger partial charge in [0.25, 0.3) is 5.91 Å². The number of nitrogens with zero attached hydrogens (tertiary/aromatic N) is 1. The van der Waals surface area contributed by atoms with Crippen molar-refractivity contribution in [3.63, 3.8) is 0 Å². The minimum Gasteiger partial charge on any atom is -0.363 e. The molecule has 3 rings (SSSR count). The van der Waals surface area contributed by atoms with Crippen molar-refractivity contribution < 1.29 is 18.7 Å². The van der Waals surface area contributed by atoms with Crippen LogP contribution in [0.25, 0.3) is 0 Å². The third kappa shape index (κ3) is 1.98. The molecule has 2 saturated heterocycles. The monoisotopic (exact) mass is 256 g/mol. The van der Waals surface area contributed by atoms with Crippen LogP contribution >= 0.6 is 0 Å². The molecule has 18 heavy (non-hydrogen) atoms. The van der Waals surface area contributed by atoms with Gasteiger partial charge in [-0.3, -0.25) is 9.59 Å². The molecule has 1 aliphatic carbocycles. The van der Waals surface area contributed by atoms with Gasteiger partial charge in [-0.15, -0.1) is 0 Å². The molecular weight excluding hydrogens is 239 g/mol. The van der Waals surface area contributed by atoms with Gasteiger partial charge in [-0.1, -0.05) is 0 Å². The first kappa shape index (κ1) is 11.9. The van der Waals surface area contributed by atoms with Gasteiger partial charge >= 0.3 is 0 Å². The summed E-state index contributed by atoms with van der Waals surface area (Å²) >= 11 is 0. The maximum Gasteiger partial charge on any atom is 0.260 e. The van der Waals surface area contributed by atoms with Crippen molar-refractivity contribution in [2.24, 2.45) is 0 Å². The molecular formula is C12H17FN2O3. The molecule has 2 aliphatic heterocycles. The van der Waals surface area contributed by atoms with Crippen molar-refractivity contribution in [3.8, 4) is 0 Å². The molecule has 100 valence electrons. The minimum absolute atomic E-state index is 0.0843. The van der Waals surface area contributed by atoms with Crippen molar-refractivity contribution in [1.82, 2.24) is 10.2 Å². The lowest BCUT2D eigenvalue weighted by molar-refractivity contribution is -0.157. The largest absolute Gasteiger partial charge is 0.363 e. The molecule has 1 spiro atoms. The van der Waals surface area contributed by atoms with Crippen LogP contribution in [0.5, 0.6) is 0 Å². The molecule has 2 heterocycles. The van der Waals surface area contributed by atoms with Crippen molar-refractivity contribution in [3.05, 3.63) is 0 Å². The van der Waals surface area contributed by atoms with E-state index in [4.69, 9.17) is 4.74 Å². The van der Waals surface area contributed by atoms with E-state index in [-0.39, 0.29) is 24.0 Å². The second kappa shape index (κ2) is 3.91. The number of halogens is 1. The van der Waals surface area contributed by atoms with Crippen LogP contribution in [0.4, 0.5) is 4.39 Å². The Bertz CT molecular complexity index is 375. The van der Waals surface area contributed by atoms with Gasteiger partial charge < -0.3 is 15.0 Å². The summed E-state index contributed by atoms with van der Waals surface area (Å²) in [5, 5.41) is 2.79. The predicted molar refractivity (Wildman–Crippen MR) is 60.6 cm³/mol. The number of hydrogen-bond acceptors (Lipinski definition) is 3. The Hall–Kier alpha value is -1.17. The number of nitrogens with one attached hydrogen (secondary N) is 1. The van der Waals surface area contributed by atoms with Gasteiger partial charge in [0.2, 0.25) is 5.91 Å². The Balaban J connectivity index is 1.58. The van der Waals surface area contributed by atoms with E-state index in [1.54, 1.807) is 4.90 Å². The van der Waals surface area contributed by atoms with E-state index < -0.39 is 5.67 Å². The van der Waals surface area contributed by atoms with E-state index in [1.165, 1.54) is 0 Å². The molecule has 0 aromatic carbocycles. The van der Waals surface area contributed by atoms with E-state index in [2.05, 4.69) is 5.32 Å². The lowest BCUT2D eigenvalue weighted by atomic mass is 9.89. The Labute approximate surface area is 105 Å². The summed E-state index contributed by atoms with van der Waals surface area (Å²) < 4.78 is 19.3. The minimum atomic E-state index is -1.58. The first-order chi connectivity index (χ1) is 8.53. The fourth-order valence-corrected chi connectivity index (χ4v) is 2.63. The van der Waals surface area contributed by atoms with Gasteiger partial charge in [-0.25, -0.2) is 4.39 Å². The molecule has 0 radical (unpaired) electrons. The third-order valence-corrected chi connectivity index (χ3v) is 4.15. The lowest BCUT2D eigenvalue weighted by Crippen LogP contribution is -2.58. The van der Waals surface area contributed by atoms with Gasteiger partial charge in [0.1, 0.15) is 6.61 Å². The number of rotatable bonds is 1. The summed E-state index contributed by atoms with van der Waals surface area (Å²) in [6, 6.07) is 0. The van der Waals surface area contributed by atoms with Gasteiger partial charge in [0.15, 0.2) is 5.67 Å². The average molecular weight is 256 g/mol. The highest BCUT2D eigenvalue weighted by Crippen LogP contribution is 2.42. The second-order valence-corrected chi connectivity index (χ2v) is 5.51. The molecule has 0 aromatic heterocycles.